The highest BCUT2D eigenvalue weighted by molar-refractivity contribution is 5.75. The van der Waals surface area contributed by atoms with E-state index < -0.39 is 74.0 Å². The first-order chi connectivity index (χ1) is 11.8. The summed E-state index contributed by atoms with van der Waals surface area (Å²) in [5, 5.41) is 107. The van der Waals surface area contributed by atoms with Crippen LogP contribution in [0.2, 0.25) is 0 Å². The van der Waals surface area contributed by atoms with Gasteiger partial charge in [-0.15, -0.1) is 0 Å². The van der Waals surface area contributed by atoms with E-state index in [1.165, 1.54) is 0 Å². The first-order valence-electron chi connectivity index (χ1n) is 6.91. The minimum atomic E-state index is -2.31. The molecule has 8 atom stereocenters. The molecule has 0 aromatic heterocycles. The Bertz CT molecular complexity index is 385. The zero-order chi connectivity index (χ0) is 21.2. The molecule has 15 heteroatoms. The van der Waals surface area contributed by atoms with E-state index in [0.717, 1.165) is 0 Å². The third kappa shape index (κ3) is 11.0. The van der Waals surface area contributed by atoms with Crippen LogP contribution in [0.25, 0.3) is 0 Å². The Kier molecular flexibility index (Phi) is 17.5. The second-order valence-corrected chi connectivity index (χ2v) is 4.99. The molecule has 0 aliphatic heterocycles. The fourth-order valence-corrected chi connectivity index (χ4v) is 1.32. The number of hydrogen-bond donors (Lipinski definition) is 10. The largest absolute Gasteiger partial charge is 0.547 e. The number of aliphatic hydroxyl groups excluding tert-OH is 10. The van der Waals surface area contributed by atoms with E-state index in [-0.39, 0.29) is 23.1 Å². The lowest BCUT2D eigenvalue weighted by atomic mass is 10.0. The van der Waals surface area contributed by atoms with E-state index in [2.05, 4.69) is 0 Å². The molecule has 0 saturated heterocycles. The summed E-state index contributed by atoms with van der Waals surface area (Å²) in [6, 6.07) is 0. The average Bonchev–Trinajstić information content (AvgIpc) is 2.62. The highest BCUT2D eigenvalue weighted by Gasteiger charge is 2.31. The normalized spacial score (nSPS) is 19.6. The van der Waals surface area contributed by atoms with Gasteiger partial charge in [-0.25, -0.2) is 0 Å². The van der Waals surface area contributed by atoms with Crippen molar-refractivity contribution < 1.29 is 70.9 Å². The fourth-order valence-electron chi connectivity index (χ4n) is 1.32. The summed E-state index contributed by atoms with van der Waals surface area (Å²) < 4.78 is 0. The molecular weight excluding hydrogens is 392 g/mol. The SMILES string of the molecule is O=C([O-])[C@H](O)[C@@H](O)[C@H](O)[C@H](O)CO.O=C([O-])[C@H](O)[C@@H](O)[C@H](O)[C@H](O)CO.[Mg]. The smallest absolute Gasteiger partial charge is 0.122 e. The molecule has 0 rings (SSSR count). The van der Waals surface area contributed by atoms with Gasteiger partial charge in [0.15, 0.2) is 0 Å². The Morgan fingerprint density at radius 2 is 0.815 bits per heavy atom. The number of carbonyl (C=O) groups is 2. The summed E-state index contributed by atoms with van der Waals surface area (Å²) >= 11 is 0. The first kappa shape index (κ1) is 31.0. The molecule has 0 aromatic rings. The number of hydrogen-bond acceptors (Lipinski definition) is 14. The summed E-state index contributed by atoms with van der Waals surface area (Å²) in [6.45, 7) is -1.73. The maximum absolute atomic E-state index is 9.98. The Balaban J connectivity index is -0.000000411. The van der Waals surface area contributed by atoms with Gasteiger partial charge in [0.1, 0.15) is 48.8 Å². The molecule has 0 unspecified atom stereocenters. The number of rotatable bonds is 10. The van der Waals surface area contributed by atoms with Crippen molar-refractivity contribution in [1.29, 1.82) is 0 Å². The van der Waals surface area contributed by atoms with Crippen LogP contribution in [0.5, 0.6) is 0 Å². The maximum Gasteiger partial charge on any atom is 0.122 e. The van der Waals surface area contributed by atoms with Gasteiger partial charge in [0.2, 0.25) is 0 Å². The molecule has 0 aliphatic carbocycles. The Hall–Kier alpha value is -0.694. The van der Waals surface area contributed by atoms with Crippen LogP contribution in [-0.4, -0.2) is 148 Å². The Labute approximate surface area is 168 Å². The van der Waals surface area contributed by atoms with Gasteiger partial charge >= 0.3 is 0 Å². The van der Waals surface area contributed by atoms with Crippen LogP contribution >= 0.6 is 0 Å². The van der Waals surface area contributed by atoms with Gasteiger partial charge in [0, 0.05) is 23.1 Å². The monoisotopic (exact) mass is 414 g/mol. The summed E-state index contributed by atoms with van der Waals surface area (Å²) in [4.78, 5) is 20.0. The predicted molar refractivity (Wildman–Crippen MR) is 78.0 cm³/mol. The minimum absolute atomic E-state index is 0. The summed E-state index contributed by atoms with van der Waals surface area (Å²) in [7, 11) is 0. The highest BCUT2D eigenvalue weighted by atomic mass is 24.3. The topological polar surface area (TPSA) is 283 Å². The lowest BCUT2D eigenvalue weighted by Gasteiger charge is -2.25. The van der Waals surface area contributed by atoms with Gasteiger partial charge in [-0.1, -0.05) is 0 Å². The Morgan fingerprint density at radius 1 is 0.593 bits per heavy atom. The molecule has 158 valence electrons. The van der Waals surface area contributed by atoms with Crippen molar-refractivity contribution in [1.82, 2.24) is 0 Å². The number of carboxylic acid groups (broad SMARTS) is 2. The van der Waals surface area contributed by atoms with E-state index in [4.69, 9.17) is 51.1 Å². The van der Waals surface area contributed by atoms with Crippen molar-refractivity contribution in [2.75, 3.05) is 13.2 Å². The van der Waals surface area contributed by atoms with Crippen molar-refractivity contribution in [2.45, 2.75) is 48.8 Å². The third-order valence-corrected chi connectivity index (χ3v) is 2.99. The molecule has 0 aliphatic rings. The van der Waals surface area contributed by atoms with Crippen LogP contribution in [0.3, 0.4) is 0 Å². The van der Waals surface area contributed by atoms with Crippen molar-refractivity contribution in [3.05, 3.63) is 0 Å². The summed E-state index contributed by atoms with van der Waals surface area (Å²) in [5.74, 6) is -3.95. The van der Waals surface area contributed by atoms with Crippen LogP contribution in [-0.2, 0) is 9.59 Å². The maximum atomic E-state index is 9.98. The van der Waals surface area contributed by atoms with Crippen LogP contribution in [0.1, 0.15) is 0 Å². The molecule has 0 bridgehead atoms. The zero-order valence-electron chi connectivity index (χ0n) is 13.8. The van der Waals surface area contributed by atoms with E-state index in [0.29, 0.717) is 0 Å². The minimum Gasteiger partial charge on any atom is -0.547 e. The second-order valence-electron chi connectivity index (χ2n) is 4.99. The number of carbonyl (C=O) groups excluding carboxylic acids is 2. The molecule has 0 spiro atoms. The Morgan fingerprint density at radius 3 is 0.963 bits per heavy atom. The molecule has 2 radical (unpaired) electrons. The standard InChI is InChI=1S/2C6H12O7.Mg/c2*7-1-2(8)3(9)4(10)5(11)6(12)13;/h2*2-5,7-11H,1H2,(H,12,13);/p-2/t2*2-,3-,4+,5-;/m11./s1. The summed E-state index contributed by atoms with van der Waals surface area (Å²) in [5.41, 5.74) is 0. The molecule has 0 heterocycles. The fraction of sp³-hybridized carbons (Fsp3) is 0.833. The van der Waals surface area contributed by atoms with Gasteiger partial charge in [0.25, 0.3) is 0 Å². The van der Waals surface area contributed by atoms with E-state index in [9.17, 15) is 19.8 Å². The highest BCUT2D eigenvalue weighted by Crippen LogP contribution is 2.05. The molecule has 0 saturated carbocycles. The number of aliphatic hydroxyl groups is 10. The van der Waals surface area contributed by atoms with Gasteiger partial charge in [-0.3, -0.25) is 0 Å². The lowest BCUT2D eigenvalue weighted by molar-refractivity contribution is -0.321. The first-order valence-corrected chi connectivity index (χ1v) is 6.91. The molecule has 10 N–H and O–H groups in total. The van der Waals surface area contributed by atoms with E-state index in [1.54, 1.807) is 0 Å². The van der Waals surface area contributed by atoms with Gasteiger partial charge in [-0.05, 0) is 0 Å². The molecule has 27 heavy (non-hydrogen) atoms. The molecular formula is C12H22MgO14-2. The molecule has 0 amide bonds. The zero-order valence-corrected chi connectivity index (χ0v) is 15.3. The van der Waals surface area contributed by atoms with Crippen molar-refractivity contribution >= 4 is 35.0 Å². The third-order valence-electron chi connectivity index (χ3n) is 2.99. The molecule has 14 nitrogen and oxygen atoms in total. The average molecular weight is 415 g/mol. The lowest BCUT2D eigenvalue weighted by Crippen LogP contribution is -2.52. The van der Waals surface area contributed by atoms with E-state index >= 15 is 0 Å². The van der Waals surface area contributed by atoms with Gasteiger partial charge in [-0.2, -0.15) is 0 Å². The van der Waals surface area contributed by atoms with Crippen molar-refractivity contribution in [3.8, 4) is 0 Å². The number of aliphatic carboxylic acids is 2. The van der Waals surface area contributed by atoms with Crippen molar-refractivity contribution in [3.63, 3.8) is 0 Å². The quantitative estimate of drug-likeness (QED) is 0.148. The van der Waals surface area contributed by atoms with Crippen LogP contribution < -0.4 is 10.2 Å². The van der Waals surface area contributed by atoms with Crippen LogP contribution in [0.4, 0.5) is 0 Å². The number of carboxylic acids is 2. The predicted octanol–water partition coefficient (Wildman–Crippen LogP) is -10.0. The van der Waals surface area contributed by atoms with E-state index in [1.807, 2.05) is 0 Å². The van der Waals surface area contributed by atoms with Crippen LogP contribution in [0, 0.1) is 0 Å². The van der Waals surface area contributed by atoms with Crippen molar-refractivity contribution in [2.24, 2.45) is 0 Å². The van der Waals surface area contributed by atoms with Crippen LogP contribution in [0.15, 0.2) is 0 Å². The molecule has 0 fully saturated rings. The second kappa shape index (κ2) is 15.3. The van der Waals surface area contributed by atoms with Gasteiger partial charge < -0.3 is 70.9 Å². The molecule has 0 aromatic carbocycles. The summed E-state index contributed by atoms with van der Waals surface area (Å²) in [6.07, 6.45) is -16.2. The van der Waals surface area contributed by atoms with Gasteiger partial charge in [0.05, 0.1) is 25.2 Å².